The van der Waals surface area contributed by atoms with E-state index < -0.39 is 11.7 Å². The molecule has 1 aromatic rings. The van der Waals surface area contributed by atoms with Gasteiger partial charge in [0.25, 0.3) is 5.91 Å². The van der Waals surface area contributed by atoms with E-state index in [2.05, 4.69) is 5.32 Å². The van der Waals surface area contributed by atoms with Gasteiger partial charge in [-0.15, -0.1) is 0 Å². The summed E-state index contributed by atoms with van der Waals surface area (Å²) < 4.78 is 18.5. The van der Waals surface area contributed by atoms with E-state index in [1.54, 1.807) is 20.1 Å². The first-order valence-electron chi connectivity index (χ1n) is 5.84. The minimum absolute atomic E-state index is 0.0384. The normalized spacial score (nSPS) is 12.2. The lowest BCUT2D eigenvalue weighted by molar-refractivity contribution is 0.0922. The van der Waals surface area contributed by atoms with Crippen LogP contribution in [0.4, 0.5) is 4.39 Å². The van der Waals surface area contributed by atoms with Crippen molar-refractivity contribution in [1.82, 2.24) is 5.32 Å². The maximum absolute atomic E-state index is 13.6. The van der Waals surface area contributed by atoms with Crippen molar-refractivity contribution >= 4 is 5.91 Å². The lowest BCUT2D eigenvalue weighted by Crippen LogP contribution is -2.41. The molecule has 0 saturated carbocycles. The zero-order valence-corrected chi connectivity index (χ0v) is 10.7. The number of nitrogens with one attached hydrogen (secondary N) is 1. The summed E-state index contributed by atoms with van der Waals surface area (Å²) in [7, 11) is 1.58. The molecular weight excluding hydrogens is 235 g/mol. The van der Waals surface area contributed by atoms with Gasteiger partial charge in [-0.05, 0) is 31.0 Å². The van der Waals surface area contributed by atoms with Gasteiger partial charge in [0.2, 0.25) is 0 Å². The van der Waals surface area contributed by atoms with Crippen LogP contribution in [-0.2, 0) is 4.74 Å². The van der Waals surface area contributed by atoms with Crippen LogP contribution >= 0.6 is 0 Å². The van der Waals surface area contributed by atoms with Crippen molar-refractivity contribution < 1.29 is 13.9 Å². The lowest BCUT2D eigenvalue weighted by atomic mass is 10.1. The summed E-state index contributed by atoms with van der Waals surface area (Å²) in [5, 5.41) is 2.69. The number of hydrogen-bond acceptors (Lipinski definition) is 3. The van der Waals surface area contributed by atoms with Crippen LogP contribution in [0.1, 0.15) is 22.3 Å². The molecule has 1 amide bonds. The first kappa shape index (κ1) is 14.6. The summed E-state index contributed by atoms with van der Waals surface area (Å²) in [6.45, 7) is 2.56. The third-order valence-corrected chi connectivity index (χ3v) is 2.66. The van der Waals surface area contributed by atoms with Crippen molar-refractivity contribution in [2.75, 3.05) is 20.3 Å². The first-order valence-corrected chi connectivity index (χ1v) is 5.84. The van der Waals surface area contributed by atoms with Crippen molar-refractivity contribution in [2.24, 2.45) is 5.73 Å². The molecule has 1 atom stereocenters. The van der Waals surface area contributed by atoms with Gasteiger partial charge >= 0.3 is 0 Å². The molecule has 0 bridgehead atoms. The number of carbonyl (C=O) groups is 1. The Balaban J connectivity index is 2.68. The van der Waals surface area contributed by atoms with Gasteiger partial charge < -0.3 is 15.8 Å². The van der Waals surface area contributed by atoms with E-state index in [1.165, 1.54) is 12.1 Å². The number of hydrogen-bond donors (Lipinski definition) is 2. The van der Waals surface area contributed by atoms with Gasteiger partial charge in [-0.2, -0.15) is 0 Å². The van der Waals surface area contributed by atoms with Gasteiger partial charge in [-0.1, -0.05) is 6.07 Å². The van der Waals surface area contributed by atoms with Crippen LogP contribution in [0.25, 0.3) is 0 Å². The Bertz CT molecular complexity index is 410. The molecule has 100 valence electrons. The van der Waals surface area contributed by atoms with E-state index in [4.69, 9.17) is 10.5 Å². The monoisotopic (exact) mass is 254 g/mol. The van der Waals surface area contributed by atoms with E-state index in [-0.39, 0.29) is 11.6 Å². The Morgan fingerprint density at radius 2 is 2.28 bits per heavy atom. The standard InChI is InChI=1S/C13H19FN2O2/c1-9-3-4-11(12(14)7-9)13(17)16-10(8-15)5-6-18-2/h3-4,7,10H,5-6,8,15H2,1-2H3,(H,16,17). The number of benzene rings is 1. The fourth-order valence-electron chi connectivity index (χ4n) is 1.58. The number of amides is 1. The Hall–Kier alpha value is -1.46. The van der Waals surface area contributed by atoms with Crippen LogP contribution in [0.2, 0.25) is 0 Å². The van der Waals surface area contributed by atoms with E-state index in [0.717, 1.165) is 5.56 Å². The molecule has 1 rings (SSSR count). The van der Waals surface area contributed by atoms with Crippen LogP contribution in [-0.4, -0.2) is 32.2 Å². The predicted molar refractivity (Wildman–Crippen MR) is 67.9 cm³/mol. The minimum Gasteiger partial charge on any atom is -0.385 e. The molecule has 0 aliphatic heterocycles. The quantitative estimate of drug-likeness (QED) is 0.802. The highest BCUT2D eigenvalue weighted by molar-refractivity contribution is 5.94. The smallest absolute Gasteiger partial charge is 0.254 e. The van der Waals surface area contributed by atoms with Crippen LogP contribution in [0.3, 0.4) is 0 Å². The predicted octanol–water partition coefficient (Wildman–Crippen LogP) is 1.23. The van der Waals surface area contributed by atoms with Gasteiger partial charge in [-0.25, -0.2) is 4.39 Å². The van der Waals surface area contributed by atoms with Crippen molar-refractivity contribution in [3.05, 3.63) is 35.1 Å². The van der Waals surface area contributed by atoms with Crippen molar-refractivity contribution in [3.63, 3.8) is 0 Å². The average molecular weight is 254 g/mol. The summed E-state index contributed by atoms with van der Waals surface area (Å²) in [6.07, 6.45) is 0.603. The van der Waals surface area contributed by atoms with Crippen LogP contribution in [0.15, 0.2) is 18.2 Å². The van der Waals surface area contributed by atoms with Gasteiger partial charge in [0.05, 0.1) is 5.56 Å². The largest absolute Gasteiger partial charge is 0.385 e. The number of nitrogens with two attached hydrogens (primary N) is 1. The number of rotatable bonds is 6. The molecule has 0 spiro atoms. The van der Waals surface area contributed by atoms with Crippen LogP contribution < -0.4 is 11.1 Å². The second-order valence-electron chi connectivity index (χ2n) is 4.17. The highest BCUT2D eigenvalue weighted by Crippen LogP contribution is 2.10. The van der Waals surface area contributed by atoms with Crippen LogP contribution in [0.5, 0.6) is 0 Å². The number of ether oxygens (including phenoxy) is 1. The summed E-state index contributed by atoms with van der Waals surface area (Å²) in [5.41, 5.74) is 6.35. The van der Waals surface area contributed by atoms with Gasteiger partial charge in [0.1, 0.15) is 5.82 Å². The molecule has 0 radical (unpaired) electrons. The average Bonchev–Trinajstić information content (AvgIpc) is 2.34. The third-order valence-electron chi connectivity index (χ3n) is 2.66. The maximum Gasteiger partial charge on any atom is 0.254 e. The molecule has 5 heteroatoms. The Labute approximate surface area is 106 Å². The summed E-state index contributed by atoms with van der Waals surface area (Å²) in [4.78, 5) is 11.9. The van der Waals surface area contributed by atoms with Gasteiger partial charge in [-0.3, -0.25) is 4.79 Å². The van der Waals surface area contributed by atoms with Crippen molar-refractivity contribution in [2.45, 2.75) is 19.4 Å². The zero-order chi connectivity index (χ0) is 13.5. The Morgan fingerprint density at radius 3 is 2.83 bits per heavy atom. The molecular formula is C13H19FN2O2. The highest BCUT2D eigenvalue weighted by Gasteiger charge is 2.15. The molecule has 0 aromatic heterocycles. The molecule has 4 nitrogen and oxygen atoms in total. The van der Waals surface area contributed by atoms with E-state index in [1.807, 2.05) is 0 Å². The fraction of sp³-hybridized carbons (Fsp3) is 0.462. The highest BCUT2D eigenvalue weighted by atomic mass is 19.1. The molecule has 0 fully saturated rings. The molecule has 3 N–H and O–H groups in total. The molecule has 0 saturated heterocycles. The molecule has 0 heterocycles. The molecule has 18 heavy (non-hydrogen) atoms. The fourth-order valence-corrected chi connectivity index (χ4v) is 1.58. The van der Waals surface area contributed by atoms with Gasteiger partial charge in [0.15, 0.2) is 0 Å². The summed E-state index contributed by atoms with van der Waals surface area (Å²) in [5.74, 6) is -0.964. The van der Waals surface area contributed by atoms with Crippen molar-refractivity contribution in [3.8, 4) is 0 Å². The van der Waals surface area contributed by atoms with E-state index in [9.17, 15) is 9.18 Å². The first-order chi connectivity index (χ1) is 8.58. The maximum atomic E-state index is 13.6. The third kappa shape index (κ3) is 4.09. The van der Waals surface area contributed by atoms with Gasteiger partial charge in [0, 0.05) is 26.3 Å². The van der Waals surface area contributed by atoms with Crippen molar-refractivity contribution in [1.29, 1.82) is 0 Å². The molecule has 0 aliphatic rings. The zero-order valence-electron chi connectivity index (χ0n) is 10.7. The second kappa shape index (κ2) is 7.08. The molecule has 1 aromatic carbocycles. The summed E-state index contributed by atoms with van der Waals surface area (Å²) >= 11 is 0. The van der Waals surface area contributed by atoms with E-state index in [0.29, 0.717) is 19.6 Å². The number of aryl methyl sites for hydroxylation is 1. The second-order valence-corrected chi connectivity index (χ2v) is 4.17. The number of carbonyl (C=O) groups excluding carboxylic acids is 1. The summed E-state index contributed by atoms with van der Waals surface area (Å²) in [6, 6.07) is 4.30. The minimum atomic E-state index is -0.519. The molecule has 0 aliphatic carbocycles. The van der Waals surface area contributed by atoms with Crippen LogP contribution in [0, 0.1) is 12.7 Å². The number of halogens is 1. The number of methoxy groups -OCH3 is 1. The SMILES string of the molecule is COCCC(CN)NC(=O)c1ccc(C)cc1F. The Morgan fingerprint density at radius 1 is 1.56 bits per heavy atom. The Kier molecular flexibility index (Phi) is 5.74. The lowest BCUT2D eigenvalue weighted by Gasteiger charge is -2.16. The topological polar surface area (TPSA) is 64.3 Å². The molecule has 1 unspecified atom stereocenters. The van der Waals surface area contributed by atoms with E-state index >= 15 is 0 Å².